The zero-order chi connectivity index (χ0) is 25.6. The normalized spacial score (nSPS) is 22.2. The zero-order valence-electron chi connectivity index (χ0n) is 21.0. The van der Waals surface area contributed by atoms with Crippen LogP contribution in [0.25, 0.3) is 0 Å². The quantitative estimate of drug-likeness (QED) is 0.224. The van der Waals surface area contributed by atoms with Crippen molar-refractivity contribution >= 4 is 11.8 Å². The second-order valence-electron chi connectivity index (χ2n) is 8.87. The fraction of sp³-hybridized carbons (Fsp3) is 0.448. The standard InChI is InChI=1S/C29H36O7/c1-22(30)13-14-27-25(34-18-17-29(31)32-2)15-16-26(35-20-24-11-7-4-8-12-24)28(36-27)21-33-19-23-9-5-3-6-10-23/h3-12,17-18,25-28H,13-16,19-21H2,1-2H3/b18-17+/t25-,26+,27+,28-/m0/s1. The lowest BCUT2D eigenvalue weighted by atomic mass is 10.0. The van der Waals surface area contributed by atoms with Crippen LogP contribution in [-0.2, 0) is 46.5 Å². The fourth-order valence-electron chi connectivity index (χ4n) is 4.10. The fourth-order valence-corrected chi connectivity index (χ4v) is 4.10. The average Bonchev–Trinajstić information content (AvgIpc) is 3.06. The lowest BCUT2D eigenvalue weighted by molar-refractivity contribution is -0.143. The molecule has 0 aliphatic carbocycles. The monoisotopic (exact) mass is 496 g/mol. The molecule has 7 heteroatoms. The van der Waals surface area contributed by atoms with Crippen LogP contribution in [0.15, 0.2) is 73.0 Å². The van der Waals surface area contributed by atoms with Crippen molar-refractivity contribution in [1.29, 1.82) is 0 Å². The third kappa shape index (κ3) is 9.57. The first-order valence-electron chi connectivity index (χ1n) is 12.4. The molecule has 4 atom stereocenters. The average molecular weight is 497 g/mol. The van der Waals surface area contributed by atoms with Crippen molar-refractivity contribution < 1.29 is 33.3 Å². The molecule has 7 nitrogen and oxygen atoms in total. The molecule has 3 rings (SSSR count). The maximum atomic E-state index is 11.7. The minimum Gasteiger partial charge on any atom is -0.495 e. The van der Waals surface area contributed by atoms with Gasteiger partial charge in [-0.05, 0) is 37.3 Å². The Kier molecular flexibility index (Phi) is 11.6. The van der Waals surface area contributed by atoms with Crippen LogP contribution in [0.3, 0.4) is 0 Å². The number of methoxy groups -OCH3 is 1. The molecule has 1 aliphatic rings. The molecule has 0 saturated carbocycles. The van der Waals surface area contributed by atoms with Gasteiger partial charge in [-0.2, -0.15) is 0 Å². The highest BCUT2D eigenvalue weighted by Crippen LogP contribution is 2.28. The number of hydrogen-bond donors (Lipinski definition) is 0. The third-order valence-electron chi connectivity index (χ3n) is 6.05. The summed E-state index contributed by atoms with van der Waals surface area (Å²) in [5.41, 5.74) is 2.16. The van der Waals surface area contributed by atoms with E-state index in [9.17, 15) is 9.59 Å². The summed E-state index contributed by atoms with van der Waals surface area (Å²) in [5.74, 6) is -0.415. The molecule has 36 heavy (non-hydrogen) atoms. The summed E-state index contributed by atoms with van der Waals surface area (Å²) in [7, 11) is 1.31. The molecule has 2 aromatic rings. The van der Waals surface area contributed by atoms with Crippen LogP contribution in [-0.4, -0.2) is 49.9 Å². The van der Waals surface area contributed by atoms with Crippen LogP contribution in [0.2, 0.25) is 0 Å². The van der Waals surface area contributed by atoms with Gasteiger partial charge in [0, 0.05) is 6.42 Å². The van der Waals surface area contributed by atoms with E-state index in [2.05, 4.69) is 4.74 Å². The number of rotatable bonds is 13. The molecule has 2 aromatic carbocycles. The molecule has 0 radical (unpaired) electrons. The van der Waals surface area contributed by atoms with Gasteiger partial charge in [0.2, 0.25) is 0 Å². The maximum Gasteiger partial charge on any atom is 0.333 e. The molecule has 0 aromatic heterocycles. The summed E-state index contributed by atoms with van der Waals surface area (Å²) in [4.78, 5) is 23.2. The van der Waals surface area contributed by atoms with Crippen LogP contribution < -0.4 is 0 Å². The first-order valence-corrected chi connectivity index (χ1v) is 12.4. The Morgan fingerprint density at radius 3 is 2.19 bits per heavy atom. The van der Waals surface area contributed by atoms with Gasteiger partial charge >= 0.3 is 5.97 Å². The maximum absolute atomic E-state index is 11.7. The Balaban J connectivity index is 1.72. The number of carbonyl (C=O) groups is 2. The number of ketones is 1. The van der Waals surface area contributed by atoms with Crippen molar-refractivity contribution in [3.63, 3.8) is 0 Å². The van der Waals surface area contributed by atoms with Crippen molar-refractivity contribution in [2.75, 3.05) is 13.7 Å². The van der Waals surface area contributed by atoms with Gasteiger partial charge < -0.3 is 28.5 Å². The minimum absolute atomic E-state index is 0.0838. The molecule has 0 N–H and O–H groups in total. The van der Waals surface area contributed by atoms with E-state index in [1.54, 1.807) is 6.92 Å². The van der Waals surface area contributed by atoms with Gasteiger partial charge in [-0.1, -0.05) is 60.7 Å². The largest absolute Gasteiger partial charge is 0.495 e. The highest BCUT2D eigenvalue weighted by Gasteiger charge is 2.36. The molecule has 1 fully saturated rings. The predicted octanol–water partition coefficient (Wildman–Crippen LogP) is 4.78. The van der Waals surface area contributed by atoms with Gasteiger partial charge in [0.15, 0.2) is 0 Å². The zero-order valence-corrected chi connectivity index (χ0v) is 21.0. The summed E-state index contributed by atoms with van der Waals surface area (Å²) >= 11 is 0. The van der Waals surface area contributed by atoms with Crippen LogP contribution in [0, 0.1) is 0 Å². The molecule has 0 bridgehead atoms. The van der Waals surface area contributed by atoms with Crippen LogP contribution in [0.5, 0.6) is 0 Å². The second-order valence-corrected chi connectivity index (χ2v) is 8.87. The predicted molar refractivity (Wildman–Crippen MR) is 135 cm³/mol. The van der Waals surface area contributed by atoms with Crippen molar-refractivity contribution in [2.24, 2.45) is 0 Å². The Morgan fingerprint density at radius 1 is 0.917 bits per heavy atom. The van der Waals surface area contributed by atoms with E-state index in [4.69, 9.17) is 18.9 Å². The van der Waals surface area contributed by atoms with E-state index in [1.165, 1.54) is 19.4 Å². The molecule has 1 heterocycles. The lowest BCUT2D eigenvalue weighted by Gasteiger charge is -2.29. The van der Waals surface area contributed by atoms with Gasteiger partial charge in [0.25, 0.3) is 0 Å². The topological polar surface area (TPSA) is 80.3 Å². The smallest absolute Gasteiger partial charge is 0.333 e. The van der Waals surface area contributed by atoms with Crippen LogP contribution in [0.1, 0.15) is 43.7 Å². The highest BCUT2D eigenvalue weighted by molar-refractivity contribution is 5.81. The van der Waals surface area contributed by atoms with Gasteiger partial charge in [0.05, 0.1) is 51.5 Å². The summed E-state index contributed by atoms with van der Waals surface area (Å²) in [5, 5.41) is 0. The first kappa shape index (κ1) is 27.6. The summed E-state index contributed by atoms with van der Waals surface area (Å²) in [6.07, 6.45) is 3.52. The van der Waals surface area contributed by atoms with E-state index in [0.717, 1.165) is 11.1 Å². The lowest BCUT2D eigenvalue weighted by Crippen LogP contribution is -2.38. The molecule has 1 aliphatic heterocycles. The molecule has 194 valence electrons. The molecular formula is C29H36O7. The summed E-state index contributed by atoms with van der Waals surface area (Å²) in [6, 6.07) is 20.0. The Morgan fingerprint density at radius 2 is 1.56 bits per heavy atom. The first-order chi connectivity index (χ1) is 17.5. The molecular weight excluding hydrogens is 460 g/mol. The number of hydrogen-bond acceptors (Lipinski definition) is 7. The summed E-state index contributed by atoms with van der Waals surface area (Å²) < 4.78 is 29.4. The van der Waals surface area contributed by atoms with E-state index >= 15 is 0 Å². The van der Waals surface area contributed by atoms with Crippen LogP contribution >= 0.6 is 0 Å². The van der Waals surface area contributed by atoms with E-state index in [0.29, 0.717) is 45.5 Å². The SMILES string of the molecule is COC(=O)/C=C/O[C@H]1CC[C@@H](OCc2ccccc2)[C@H](COCc2ccccc2)O[C@@H]1CCC(C)=O. The minimum atomic E-state index is -0.499. The summed E-state index contributed by atoms with van der Waals surface area (Å²) in [6.45, 7) is 2.83. The van der Waals surface area contributed by atoms with E-state index < -0.39 is 5.97 Å². The van der Waals surface area contributed by atoms with Gasteiger partial charge in [-0.15, -0.1) is 0 Å². The van der Waals surface area contributed by atoms with Gasteiger partial charge in [-0.3, -0.25) is 0 Å². The Hall–Kier alpha value is -3.00. The molecule has 1 saturated heterocycles. The number of carbonyl (C=O) groups excluding carboxylic acids is 2. The number of Topliss-reactive ketones (excluding diaryl/α,β-unsaturated/α-hetero) is 1. The number of esters is 1. The number of ether oxygens (including phenoxy) is 5. The Labute approximate surface area is 213 Å². The van der Waals surface area contributed by atoms with Crippen molar-refractivity contribution in [2.45, 2.75) is 70.2 Å². The van der Waals surface area contributed by atoms with E-state index in [-0.39, 0.29) is 30.2 Å². The van der Waals surface area contributed by atoms with Crippen LogP contribution in [0.4, 0.5) is 0 Å². The third-order valence-corrected chi connectivity index (χ3v) is 6.05. The van der Waals surface area contributed by atoms with Crippen molar-refractivity contribution in [3.8, 4) is 0 Å². The number of benzene rings is 2. The molecule has 0 spiro atoms. The molecule has 0 unspecified atom stereocenters. The van der Waals surface area contributed by atoms with Gasteiger partial charge in [-0.25, -0.2) is 4.79 Å². The second kappa shape index (κ2) is 15.2. The van der Waals surface area contributed by atoms with Crippen molar-refractivity contribution in [3.05, 3.63) is 84.1 Å². The highest BCUT2D eigenvalue weighted by atomic mass is 16.6. The van der Waals surface area contributed by atoms with Gasteiger partial charge in [0.1, 0.15) is 18.0 Å². The van der Waals surface area contributed by atoms with Crippen molar-refractivity contribution in [1.82, 2.24) is 0 Å². The molecule has 0 amide bonds. The van der Waals surface area contributed by atoms with E-state index in [1.807, 2.05) is 60.7 Å². The Bertz CT molecular complexity index is 945.